The van der Waals surface area contributed by atoms with Gasteiger partial charge < -0.3 is 21.3 Å². The highest BCUT2D eigenvalue weighted by molar-refractivity contribution is 5.94. The average Bonchev–Trinajstić information content (AvgIpc) is 2.76. The van der Waals surface area contributed by atoms with E-state index in [1.807, 2.05) is 24.3 Å². The summed E-state index contributed by atoms with van der Waals surface area (Å²) < 4.78 is 5.73. The summed E-state index contributed by atoms with van der Waals surface area (Å²) >= 11 is 0. The van der Waals surface area contributed by atoms with Crippen LogP contribution in [0.15, 0.2) is 42.5 Å². The summed E-state index contributed by atoms with van der Waals surface area (Å²) in [6.07, 6.45) is 10.3. The number of carbonyl (C=O) groups is 2. The number of nitrogens with two attached hydrogens (primary N) is 2. The molecule has 0 aliphatic heterocycles. The molecule has 0 spiro atoms. The Balaban J connectivity index is 1.75. The molecule has 0 aliphatic rings. The van der Waals surface area contributed by atoms with Crippen molar-refractivity contribution in [2.75, 3.05) is 18.1 Å². The fourth-order valence-electron chi connectivity index (χ4n) is 3.45. The summed E-state index contributed by atoms with van der Waals surface area (Å²) in [5, 5.41) is 9.35. The van der Waals surface area contributed by atoms with Gasteiger partial charge in [0.2, 0.25) is 0 Å². The third-order valence-corrected chi connectivity index (χ3v) is 5.25. The second kappa shape index (κ2) is 13.2. The Kier molecular flexibility index (Phi) is 10.3. The number of hydrogen-bond acceptors (Lipinski definition) is 5. The molecule has 0 heterocycles. The Labute approximate surface area is 190 Å². The second-order valence-corrected chi connectivity index (χ2v) is 7.93. The Morgan fingerprint density at radius 1 is 1.00 bits per heavy atom. The van der Waals surface area contributed by atoms with E-state index < -0.39 is 5.97 Å². The van der Waals surface area contributed by atoms with Gasteiger partial charge >= 0.3 is 5.97 Å². The molecular weight excluding hydrogens is 404 g/mol. The minimum Gasteiger partial charge on any atom is -0.494 e. The van der Waals surface area contributed by atoms with Gasteiger partial charge in [0.1, 0.15) is 5.75 Å². The predicted molar refractivity (Wildman–Crippen MR) is 130 cm³/mol. The van der Waals surface area contributed by atoms with E-state index in [-0.39, 0.29) is 11.3 Å². The third kappa shape index (κ3) is 8.46. The fraction of sp³-hybridized carbons (Fsp3) is 0.385. The van der Waals surface area contributed by atoms with Crippen LogP contribution in [0.25, 0.3) is 6.08 Å². The molecule has 0 atom stereocenters. The van der Waals surface area contributed by atoms with Crippen molar-refractivity contribution in [2.45, 2.75) is 58.3 Å². The van der Waals surface area contributed by atoms with Gasteiger partial charge in [-0.1, -0.05) is 44.4 Å². The molecule has 0 bridgehead atoms. The number of anilines is 2. The molecule has 6 nitrogen and oxygen atoms in total. The maximum Gasteiger partial charge on any atom is 0.336 e. The predicted octanol–water partition coefficient (Wildman–Crippen LogP) is 5.50. The largest absolute Gasteiger partial charge is 0.494 e. The summed E-state index contributed by atoms with van der Waals surface area (Å²) in [6.45, 7) is 2.91. The second-order valence-electron chi connectivity index (χ2n) is 7.93. The number of rotatable bonds is 14. The summed E-state index contributed by atoms with van der Waals surface area (Å²) in [7, 11) is 0. The first-order valence-electron chi connectivity index (χ1n) is 11.3. The topological polar surface area (TPSA) is 116 Å². The van der Waals surface area contributed by atoms with Gasteiger partial charge in [-0.25, -0.2) is 4.79 Å². The lowest BCUT2D eigenvalue weighted by molar-refractivity contribution is -0.114. The Morgan fingerprint density at radius 3 is 2.44 bits per heavy atom. The first-order chi connectivity index (χ1) is 15.4. The molecule has 0 radical (unpaired) electrons. The number of carboxylic acid groups (broad SMARTS) is 1. The van der Waals surface area contributed by atoms with Crippen molar-refractivity contribution in [3.8, 4) is 5.75 Å². The van der Waals surface area contributed by atoms with Gasteiger partial charge in [-0.2, -0.15) is 0 Å². The van der Waals surface area contributed by atoms with E-state index in [0.29, 0.717) is 42.6 Å². The van der Waals surface area contributed by atoms with E-state index in [1.165, 1.54) is 25.3 Å². The molecule has 0 unspecified atom stereocenters. The first-order valence-corrected chi connectivity index (χ1v) is 11.3. The molecule has 5 N–H and O–H groups in total. The molecule has 0 fully saturated rings. The van der Waals surface area contributed by atoms with Crippen LogP contribution in [0, 0.1) is 0 Å². The molecule has 0 saturated carbocycles. The number of nitrogen functional groups attached to an aromatic ring is 2. The molecule has 0 amide bonds. The van der Waals surface area contributed by atoms with Crippen LogP contribution in [0.5, 0.6) is 5.75 Å². The Hall–Kier alpha value is -3.28. The number of aromatic carboxylic acids is 1. The lowest BCUT2D eigenvalue weighted by Gasteiger charge is -2.10. The van der Waals surface area contributed by atoms with E-state index in [0.717, 1.165) is 24.3 Å². The highest BCUT2D eigenvalue weighted by Crippen LogP contribution is 2.24. The summed E-state index contributed by atoms with van der Waals surface area (Å²) in [4.78, 5) is 23.6. The van der Waals surface area contributed by atoms with Crippen LogP contribution in [0.3, 0.4) is 0 Å². The minimum atomic E-state index is -1.05. The lowest BCUT2D eigenvalue weighted by Crippen LogP contribution is -2.08. The SMILES string of the molecule is CCCCCCOc1ccc(/C=C/C(=O)CCCCc2c(N)cc(N)cc2C(=O)O)cc1. The van der Waals surface area contributed by atoms with E-state index in [1.54, 1.807) is 18.2 Å². The highest BCUT2D eigenvalue weighted by atomic mass is 16.5. The first kappa shape index (κ1) is 25.0. The zero-order valence-corrected chi connectivity index (χ0v) is 18.8. The van der Waals surface area contributed by atoms with Gasteiger partial charge in [-0.15, -0.1) is 0 Å². The van der Waals surface area contributed by atoms with Crippen LogP contribution < -0.4 is 16.2 Å². The summed E-state index contributed by atoms with van der Waals surface area (Å²) in [6, 6.07) is 10.7. The number of hydrogen-bond donors (Lipinski definition) is 3. The molecule has 2 aromatic rings. The maximum atomic E-state index is 12.2. The molecule has 0 aliphatic carbocycles. The minimum absolute atomic E-state index is 0.0324. The number of ketones is 1. The molecule has 32 heavy (non-hydrogen) atoms. The molecule has 0 aromatic heterocycles. The quantitative estimate of drug-likeness (QED) is 0.204. The highest BCUT2D eigenvalue weighted by Gasteiger charge is 2.14. The van der Waals surface area contributed by atoms with Crippen LogP contribution in [0.2, 0.25) is 0 Å². The molecule has 6 heteroatoms. The molecule has 2 aromatic carbocycles. The summed E-state index contributed by atoms with van der Waals surface area (Å²) in [5.41, 5.74) is 14.0. The Morgan fingerprint density at radius 2 is 1.75 bits per heavy atom. The molecule has 0 saturated heterocycles. The van der Waals surface area contributed by atoms with Crippen molar-refractivity contribution in [2.24, 2.45) is 0 Å². The average molecular weight is 439 g/mol. The summed E-state index contributed by atoms with van der Waals surface area (Å²) in [5.74, 6) is -0.177. The standard InChI is InChI=1S/C26H34N2O4/c1-2-3-4-7-16-32-22-14-11-19(12-15-22)10-13-21(29)8-5-6-9-23-24(26(30)31)17-20(27)18-25(23)28/h10-15,17-18H,2-9,16,27-28H2,1H3,(H,30,31)/b13-10+. The van der Waals surface area contributed by atoms with Crippen LogP contribution in [0.1, 0.15) is 73.4 Å². The zero-order chi connectivity index (χ0) is 23.3. The van der Waals surface area contributed by atoms with E-state index in [2.05, 4.69) is 6.92 Å². The monoisotopic (exact) mass is 438 g/mol. The van der Waals surface area contributed by atoms with E-state index in [9.17, 15) is 14.7 Å². The number of unbranched alkanes of at least 4 members (excludes halogenated alkanes) is 4. The van der Waals surface area contributed by atoms with Gasteiger partial charge in [0.15, 0.2) is 5.78 Å². The van der Waals surface area contributed by atoms with Crippen LogP contribution >= 0.6 is 0 Å². The van der Waals surface area contributed by atoms with Gasteiger partial charge in [0.25, 0.3) is 0 Å². The maximum absolute atomic E-state index is 12.2. The van der Waals surface area contributed by atoms with Gasteiger partial charge in [0.05, 0.1) is 12.2 Å². The third-order valence-electron chi connectivity index (χ3n) is 5.25. The van der Waals surface area contributed by atoms with Crippen molar-refractivity contribution >= 4 is 29.2 Å². The van der Waals surface area contributed by atoms with Crippen molar-refractivity contribution in [1.82, 2.24) is 0 Å². The Bertz CT molecular complexity index is 920. The number of carbonyl (C=O) groups excluding carboxylic acids is 1. The molecule has 172 valence electrons. The van der Waals surface area contributed by atoms with Gasteiger partial charge in [-0.3, -0.25) is 4.79 Å². The number of allylic oxidation sites excluding steroid dienone is 1. The molecule has 2 rings (SSSR count). The van der Waals surface area contributed by atoms with Crippen molar-refractivity contribution in [1.29, 1.82) is 0 Å². The lowest BCUT2D eigenvalue weighted by atomic mass is 9.98. The number of benzene rings is 2. The molecular formula is C26H34N2O4. The smallest absolute Gasteiger partial charge is 0.336 e. The van der Waals surface area contributed by atoms with Crippen LogP contribution in [-0.4, -0.2) is 23.5 Å². The van der Waals surface area contributed by atoms with Crippen molar-refractivity contribution < 1.29 is 19.4 Å². The van der Waals surface area contributed by atoms with Crippen molar-refractivity contribution in [3.63, 3.8) is 0 Å². The normalized spacial score (nSPS) is 11.0. The van der Waals surface area contributed by atoms with Gasteiger partial charge in [0, 0.05) is 17.8 Å². The van der Waals surface area contributed by atoms with Crippen molar-refractivity contribution in [3.05, 3.63) is 59.2 Å². The van der Waals surface area contributed by atoms with E-state index >= 15 is 0 Å². The van der Waals surface area contributed by atoms with E-state index in [4.69, 9.17) is 16.2 Å². The van der Waals surface area contributed by atoms with Crippen LogP contribution in [0.4, 0.5) is 11.4 Å². The van der Waals surface area contributed by atoms with Gasteiger partial charge in [-0.05, 0) is 67.2 Å². The fourth-order valence-corrected chi connectivity index (χ4v) is 3.45. The zero-order valence-electron chi connectivity index (χ0n) is 18.8. The number of ether oxygens (including phenoxy) is 1. The number of carboxylic acids is 1. The van der Waals surface area contributed by atoms with Crippen LogP contribution in [-0.2, 0) is 11.2 Å².